The lowest BCUT2D eigenvalue weighted by Crippen LogP contribution is -2.40. The molecule has 1 N–H and O–H groups in total. The van der Waals surface area contributed by atoms with E-state index >= 15 is 0 Å². The molecule has 1 unspecified atom stereocenters. The van der Waals surface area contributed by atoms with Gasteiger partial charge < -0.3 is 19.4 Å². The van der Waals surface area contributed by atoms with E-state index in [1.54, 1.807) is 24.1 Å². The van der Waals surface area contributed by atoms with Crippen molar-refractivity contribution in [2.45, 2.75) is 12.5 Å². The molecule has 0 radical (unpaired) electrons. The molecule has 94 valence electrons. The van der Waals surface area contributed by atoms with Gasteiger partial charge in [0.15, 0.2) is 5.76 Å². The summed E-state index contributed by atoms with van der Waals surface area (Å²) >= 11 is 0. The molecule has 1 aromatic rings. The third-order valence-corrected chi connectivity index (χ3v) is 2.87. The Bertz CT molecular complexity index is 345. The number of carbonyl (C=O) groups excluding carboxylic acids is 1. The fourth-order valence-corrected chi connectivity index (χ4v) is 1.83. The molecular weight excluding hydrogens is 220 g/mol. The average Bonchev–Trinajstić information content (AvgIpc) is 2.90. The molecule has 1 fully saturated rings. The molecule has 5 nitrogen and oxygen atoms in total. The first kappa shape index (κ1) is 12.1. The van der Waals surface area contributed by atoms with Crippen molar-refractivity contribution in [3.63, 3.8) is 0 Å². The summed E-state index contributed by atoms with van der Waals surface area (Å²) in [6, 6.07) is 3.40. The Morgan fingerprint density at radius 2 is 2.53 bits per heavy atom. The number of nitrogens with one attached hydrogen (secondary N) is 1. The molecule has 0 bridgehead atoms. The first-order chi connectivity index (χ1) is 8.27. The van der Waals surface area contributed by atoms with E-state index < -0.39 is 0 Å². The molecule has 0 aliphatic carbocycles. The van der Waals surface area contributed by atoms with Crippen molar-refractivity contribution >= 4 is 5.91 Å². The summed E-state index contributed by atoms with van der Waals surface area (Å²) in [5, 5.41) is 3.27. The molecule has 2 rings (SSSR count). The molecule has 1 amide bonds. The maximum absolute atomic E-state index is 11.9. The lowest BCUT2D eigenvalue weighted by atomic mass is 10.2. The molecule has 0 aromatic carbocycles. The Morgan fingerprint density at radius 3 is 3.18 bits per heavy atom. The van der Waals surface area contributed by atoms with Crippen molar-refractivity contribution in [2.75, 3.05) is 33.3 Å². The topological polar surface area (TPSA) is 54.7 Å². The Balaban J connectivity index is 1.76. The lowest BCUT2D eigenvalue weighted by Gasteiger charge is -2.25. The highest BCUT2D eigenvalue weighted by Gasteiger charge is 2.18. The number of rotatable bonds is 4. The Labute approximate surface area is 101 Å². The Morgan fingerprint density at radius 1 is 1.65 bits per heavy atom. The maximum Gasteiger partial charge on any atom is 0.289 e. The second kappa shape index (κ2) is 5.84. The maximum atomic E-state index is 11.9. The van der Waals surface area contributed by atoms with Gasteiger partial charge >= 0.3 is 0 Å². The van der Waals surface area contributed by atoms with Gasteiger partial charge in [0.25, 0.3) is 5.91 Å². The molecule has 0 spiro atoms. The van der Waals surface area contributed by atoms with Gasteiger partial charge in [0.05, 0.1) is 19.0 Å². The number of hydrogen-bond donors (Lipinski definition) is 1. The minimum Gasteiger partial charge on any atom is -0.459 e. The van der Waals surface area contributed by atoms with Gasteiger partial charge in [0.2, 0.25) is 0 Å². The van der Waals surface area contributed by atoms with Crippen LogP contribution in [0, 0.1) is 0 Å². The molecule has 1 atom stereocenters. The van der Waals surface area contributed by atoms with Gasteiger partial charge in [-0.25, -0.2) is 0 Å². The molecule has 2 heterocycles. The number of amides is 1. The molecule has 1 aliphatic rings. The number of morpholine rings is 1. The van der Waals surface area contributed by atoms with Crippen LogP contribution in [0.4, 0.5) is 0 Å². The second-order valence-corrected chi connectivity index (χ2v) is 4.19. The van der Waals surface area contributed by atoms with E-state index in [4.69, 9.17) is 9.15 Å². The smallest absolute Gasteiger partial charge is 0.289 e. The Kier molecular flexibility index (Phi) is 4.17. The van der Waals surface area contributed by atoms with Gasteiger partial charge in [0, 0.05) is 26.7 Å². The third kappa shape index (κ3) is 3.31. The van der Waals surface area contributed by atoms with Gasteiger partial charge in [-0.2, -0.15) is 0 Å². The zero-order valence-electron chi connectivity index (χ0n) is 10.0. The van der Waals surface area contributed by atoms with Crippen LogP contribution in [0.2, 0.25) is 0 Å². The molecule has 1 aromatic heterocycles. The summed E-state index contributed by atoms with van der Waals surface area (Å²) in [7, 11) is 1.78. The van der Waals surface area contributed by atoms with Crippen molar-refractivity contribution in [1.82, 2.24) is 10.2 Å². The normalized spacial score (nSPS) is 20.2. The molecule has 1 saturated heterocycles. The quantitative estimate of drug-likeness (QED) is 0.840. The highest BCUT2D eigenvalue weighted by Crippen LogP contribution is 2.07. The van der Waals surface area contributed by atoms with Crippen LogP contribution in [-0.4, -0.2) is 50.2 Å². The summed E-state index contributed by atoms with van der Waals surface area (Å²) in [6.45, 7) is 3.20. The SMILES string of the molecule is CN(CCC1CNCCO1)C(=O)c1ccco1. The van der Waals surface area contributed by atoms with Gasteiger partial charge in [0.1, 0.15) is 0 Å². The molecule has 5 heteroatoms. The molecule has 0 saturated carbocycles. The lowest BCUT2D eigenvalue weighted by molar-refractivity contribution is 0.0185. The van der Waals surface area contributed by atoms with E-state index in [1.165, 1.54) is 6.26 Å². The van der Waals surface area contributed by atoms with Gasteiger partial charge in [-0.3, -0.25) is 4.79 Å². The minimum atomic E-state index is -0.0845. The van der Waals surface area contributed by atoms with Crippen molar-refractivity contribution in [3.8, 4) is 0 Å². The summed E-state index contributed by atoms with van der Waals surface area (Å²) in [4.78, 5) is 13.5. The highest BCUT2D eigenvalue weighted by molar-refractivity contribution is 5.91. The second-order valence-electron chi connectivity index (χ2n) is 4.19. The van der Waals surface area contributed by atoms with Crippen LogP contribution in [0.25, 0.3) is 0 Å². The van der Waals surface area contributed by atoms with Crippen molar-refractivity contribution in [2.24, 2.45) is 0 Å². The van der Waals surface area contributed by atoms with Crippen molar-refractivity contribution < 1.29 is 13.9 Å². The number of nitrogens with zero attached hydrogens (tertiary/aromatic N) is 1. The van der Waals surface area contributed by atoms with Crippen LogP contribution in [0.5, 0.6) is 0 Å². The predicted octanol–water partition coefficient (Wildman–Crippen LogP) is 0.730. The van der Waals surface area contributed by atoms with E-state index in [0.717, 1.165) is 26.1 Å². The average molecular weight is 238 g/mol. The molecule has 17 heavy (non-hydrogen) atoms. The van der Waals surface area contributed by atoms with Crippen LogP contribution in [0.1, 0.15) is 17.0 Å². The summed E-state index contributed by atoms with van der Waals surface area (Å²) < 4.78 is 10.6. The van der Waals surface area contributed by atoms with Crippen molar-refractivity contribution in [1.29, 1.82) is 0 Å². The number of hydrogen-bond acceptors (Lipinski definition) is 4. The van der Waals surface area contributed by atoms with E-state index in [-0.39, 0.29) is 12.0 Å². The first-order valence-corrected chi connectivity index (χ1v) is 5.88. The molecule has 1 aliphatic heterocycles. The summed E-state index contributed by atoms with van der Waals surface area (Å²) in [5.41, 5.74) is 0. The zero-order chi connectivity index (χ0) is 12.1. The van der Waals surface area contributed by atoms with E-state index in [9.17, 15) is 4.79 Å². The van der Waals surface area contributed by atoms with Gasteiger partial charge in [-0.1, -0.05) is 0 Å². The van der Waals surface area contributed by atoms with E-state index in [2.05, 4.69) is 5.32 Å². The van der Waals surface area contributed by atoms with Crippen LogP contribution >= 0.6 is 0 Å². The largest absolute Gasteiger partial charge is 0.459 e. The summed E-state index contributed by atoms with van der Waals surface area (Å²) in [6.07, 6.45) is 2.56. The number of ether oxygens (including phenoxy) is 1. The van der Waals surface area contributed by atoms with Gasteiger partial charge in [-0.05, 0) is 18.6 Å². The standard InChI is InChI=1S/C12H18N2O3/c1-14(12(15)11-3-2-7-17-11)6-4-10-9-13-5-8-16-10/h2-3,7,10,13H,4-6,8-9H2,1H3. The number of carbonyl (C=O) groups is 1. The third-order valence-electron chi connectivity index (χ3n) is 2.87. The fraction of sp³-hybridized carbons (Fsp3) is 0.583. The van der Waals surface area contributed by atoms with Crippen LogP contribution < -0.4 is 5.32 Å². The Hall–Kier alpha value is -1.33. The highest BCUT2D eigenvalue weighted by atomic mass is 16.5. The predicted molar refractivity (Wildman–Crippen MR) is 62.9 cm³/mol. The monoisotopic (exact) mass is 238 g/mol. The summed E-state index contributed by atoms with van der Waals surface area (Å²) in [5.74, 6) is 0.300. The van der Waals surface area contributed by atoms with Crippen LogP contribution in [0.15, 0.2) is 22.8 Å². The minimum absolute atomic E-state index is 0.0845. The van der Waals surface area contributed by atoms with Crippen molar-refractivity contribution in [3.05, 3.63) is 24.2 Å². The van der Waals surface area contributed by atoms with E-state index in [0.29, 0.717) is 12.3 Å². The van der Waals surface area contributed by atoms with E-state index in [1.807, 2.05) is 0 Å². The van der Waals surface area contributed by atoms with Crippen LogP contribution in [0.3, 0.4) is 0 Å². The van der Waals surface area contributed by atoms with Crippen LogP contribution in [-0.2, 0) is 4.74 Å². The zero-order valence-corrected chi connectivity index (χ0v) is 10.0. The molecular formula is C12H18N2O3. The first-order valence-electron chi connectivity index (χ1n) is 5.88. The van der Waals surface area contributed by atoms with Gasteiger partial charge in [-0.15, -0.1) is 0 Å². The fourth-order valence-electron chi connectivity index (χ4n) is 1.83. The number of furan rings is 1.